The molecule has 0 aliphatic carbocycles. The van der Waals surface area contributed by atoms with E-state index in [1.165, 1.54) is 0 Å². The number of carbonyl (C=O) groups excluding carboxylic acids is 1. The van der Waals surface area contributed by atoms with Crippen LogP contribution in [0.15, 0.2) is 29.0 Å². The normalized spacial score (nSPS) is 11.7. The zero-order valence-electron chi connectivity index (χ0n) is 13.3. The van der Waals surface area contributed by atoms with Crippen molar-refractivity contribution in [3.8, 4) is 0 Å². The first-order valence-electron chi connectivity index (χ1n) is 7.23. The number of pyridine rings is 1. The second kappa shape index (κ2) is 7.99. The van der Waals surface area contributed by atoms with Gasteiger partial charge in [-0.25, -0.2) is 4.98 Å². The van der Waals surface area contributed by atoms with E-state index in [-0.39, 0.29) is 5.78 Å². The number of carbonyl (C=O) groups is 1. The molecule has 0 fully saturated rings. The Morgan fingerprint density at radius 3 is 2.74 bits per heavy atom. The highest BCUT2D eigenvalue weighted by Crippen LogP contribution is 2.14. The summed E-state index contributed by atoms with van der Waals surface area (Å²) in [7, 11) is -1.12. The third-order valence-corrected chi connectivity index (χ3v) is 5.83. The molecular weight excluding hydrogens is 489 g/mol. The summed E-state index contributed by atoms with van der Waals surface area (Å²) < 4.78 is 9.07. The summed E-state index contributed by atoms with van der Waals surface area (Å²) in [6.07, 6.45) is 3.43. The number of aromatic nitrogens is 3. The molecule has 0 aromatic carbocycles. The van der Waals surface area contributed by atoms with Crippen molar-refractivity contribution in [2.24, 2.45) is 0 Å². The average molecular weight is 508 g/mol. The summed E-state index contributed by atoms with van der Waals surface area (Å²) in [6.45, 7) is 7.97. The topological polar surface area (TPSA) is 57.0 Å². The van der Waals surface area contributed by atoms with Gasteiger partial charge in [-0.05, 0) is 56.7 Å². The number of nitrogens with zero attached hydrogens (tertiary/aromatic N) is 3. The maximum atomic E-state index is 12.6. The molecule has 0 unspecified atom stereocenters. The molecule has 0 radical (unpaired) electrons. The maximum absolute atomic E-state index is 12.6. The molecule has 0 spiro atoms. The van der Waals surface area contributed by atoms with Crippen LogP contribution < -0.4 is 0 Å². The molecule has 0 amide bonds. The van der Waals surface area contributed by atoms with Crippen LogP contribution in [-0.2, 0) is 11.5 Å². The van der Waals surface area contributed by atoms with Gasteiger partial charge >= 0.3 is 0 Å². The van der Waals surface area contributed by atoms with Crippen molar-refractivity contribution < 1.29 is 9.53 Å². The van der Waals surface area contributed by atoms with Crippen molar-refractivity contribution in [1.29, 1.82) is 0 Å². The summed E-state index contributed by atoms with van der Waals surface area (Å²) >= 11 is 5.41. The summed E-state index contributed by atoms with van der Waals surface area (Å²) in [5, 5.41) is 0. The summed E-state index contributed by atoms with van der Waals surface area (Å²) in [6, 6.07) is 4.57. The van der Waals surface area contributed by atoms with Crippen molar-refractivity contribution in [2.45, 2.75) is 32.4 Å². The lowest BCUT2D eigenvalue weighted by molar-refractivity contribution is 0.0811. The molecule has 0 bridgehead atoms. The Balaban J connectivity index is 2.08. The van der Waals surface area contributed by atoms with Crippen molar-refractivity contribution in [1.82, 2.24) is 14.5 Å². The highest BCUT2D eigenvalue weighted by Gasteiger charge is 2.19. The lowest BCUT2D eigenvalue weighted by Gasteiger charge is -2.15. The number of imidazole rings is 1. The van der Waals surface area contributed by atoms with Gasteiger partial charge in [-0.3, -0.25) is 9.78 Å². The minimum Gasteiger partial charge on any atom is -0.361 e. The average Bonchev–Trinajstić information content (AvgIpc) is 2.84. The molecule has 2 rings (SSSR count). The predicted molar refractivity (Wildman–Crippen MR) is 104 cm³/mol. The summed E-state index contributed by atoms with van der Waals surface area (Å²) in [5.41, 5.74) is 0.374. The van der Waals surface area contributed by atoms with Gasteiger partial charge in [0.1, 0.15) is 16.1 Å². The van der Waals surface area contributed by atoms with E-state index in [9.17, 15) is 4.79 Å². The molecule has 124 valence electrons. The third kappa shape index (κ3) is 5.77. The van der Waals surface area contributed by atoms with E-state index >= 15 is 0 Å². The predicted octanol–water partition coefficient (Wildman–Crippen LogP) is 4.19. The van der Waals surface area contributed by atoms with Crippen molar-refractivity contribution in [3.05, 3.63) is 44.2 Å². The molecule has 0 aliphatic heterocycles. The lowest BCUT2D eigenvalue weighted by atomic mass is 10.2. The number of ketones is 1. The second-order valence-corrected chi connectivity index (χ2v) is 14.0. The van der Waals surface area contributed by atoms with E-state index in [0.29, 0.717) is 24.9 Å². The largest absolute Gasteiger partial charge is 0.361 e. The molecule has 0 atom stereocenters. The van der Waals surface area contributed by atoms with Crippen LogP contribution >= 0.6 is 38.5 Å². The molecule has 2 aromatic heterocycles. The Hall–Kier alpha value is -0.583. The van der Waals surface area contributed by atoms with Crippen LogP contribution in [0.5, 0.6) is 0 Å². The van der Waals surface area contributed by atoms with Crippen LogP contribution in [0.1, 0.15) is 16.3 Å². The monoisotopic (exact) mass is 507 g/mol. The van der Waals surface area contributed by atoms with Crippen LogP contribution in [0, 0.1) is 3.70 Å². The van der Waals surface area contributed by atoms with E-state index < -0.39 is 8.07 Å². The van der Waals surface area contributed by atoms with Crippen molar-refractivity contribution in [2.75, 3.05) is 6.61 Å². The highest BCUT2D eigenvalue weighted by atomic mass is 127. The SMILES string of the molecule is C[Si](C)(C)CCOCn1cc(I)nc1C(=O)c1ccc(Br)cn1. The first-order chi connectivity index (χ1) is 10.8. The van der Waals surface area contributed by atoms with Gasteiger partial charge in [-0.1, -0.05) is 19.6 Å². The zero-order chi connectivity index (χ0) is 17.0. The van der Waals surface area contributed by atoms with E-state index in [2.05, 4.69) is 68.1 Å². The number of ether oxygens (including phenoxy) is 1. The third-order valence-electron chi connectivity index (χ3n) is 3.14. The molecule has 0 saturated heterocycles. The van der Waals surface area contributed by atoms with Gasteiger partial charge in [0.2, 0.25) is 5.78 Å². The fourth-order valence-electron chi connectivity index (χ4n) is 1.83. The zero-order valence-corrected chi connectivity index (χ0v) is 18.1. The Labute approximate surface area is 159 Å². The second-order valence-electron chi connectivity index (χ2n) is 6.40. The van der Waals surface area contributed by atoms with Gasteiger partial charge in [0.25, 0.3) is 0 Å². The van der Waals surface area contributed by atoms with Gasteiger partial charge in [-0.15, -0.1) is 0 Å². The number of hydrogen-bond acceptors (Lipinski definition) is 4. The van der Waals surface area contributed by atoms with Crippen LogP contribution in [-0.4, -0.2) is 35.0 Å². The molecule has 0 saturated carbocycles. The van der Waals surface area contributed by atoms with E-state index in [1.807, 2.05) is 6.20 Å². The molecule has 8 heteroatoms. The fraction of sp³-hybridized carbons (Fsp3) is 0.400. The standard InChI is InChI=1S/C15H19BrIN3O2Si/c1-23(2,3)7-6-22-10-20-9-13(17)19-15(20)14(21)12-5-4-11(16)8-18-12/h4-5,8-9H,6-7,10H2,1-3H3. The molecule has 23 heavy (non-hydrogen) atoms. The lowest BCUT2D eigenvalue weighted by Crippen LogP contribution is -2.22. The first-order valence-corrected chi connectivity index (χ1v) is 12.8. The van der Waals surface area contributed by atoms with Gasteiger partial charge < -0.3 is 9.30 Å². The molecule has 5 nitrogen and oxygen atoms in total. The Morgan fingerprint density at radius 2 is 2.13 bits per heavy atom. The van der Waals surface area contributed by atoms with Gasteiger partial charge in [-0.2, -0.15) is 0 Å². The van der Waals surface area contributed by atoms with Crippen molar-refractivity contribution in [3.63, 3.8) is 0 Å². The minimum absolute atomic E-state index is 0.200. The van der Waals surface area contributed by atoms with Crippen molar-refractivity contribution >= 4 is 52.4 Å². The van der Waals surface area contributed by atoms with Gasteiger partial charge in [0.15, 0.2) is 5.82 Å². The van der Waals surface area contributed by atoms with Gasteiger partial charge in [0, 0.05) is 31.5 Å². The van der Waals surface area contributed by atoms with Crippen LogP contribution in [0.2, 0.25) is 25.7 Å². The van der Waals surface area contributed by atoms with E-state index in [0.717, 1.165) is 14.2 Å². The Bertz CT molecular complexity index is 683. The van der Waals surface area contributed by atoms with Gasteiger partial charge in [0.05, 0.1) is 0 Å². The molecule has 0 aliphatic rings. The quantitative estimate of drug-likeness (QED) is 0.244. The van der Waals surface area contributed by atoms with Crippen LogP contribution in [0.25, 0.3) is 0 Å². The smallest absolute Gasteiger partial charge is 0.246 e. The van der Waals surface area contributed by atoms with E-state index in [4.69, 9.17) is 4.74 Å². The minimum atomic E-state index is -1.12. The molecule has 0 N–H and O–H groups in total. The fourth-order valence-corrected chi connectivity index (χ4v) is 3.39. The molecule has 2 heterocycles. The summed E-state index contributed by atoms with van der Waals surface area (Å²) in [4.78, 5) is 21.0. The molecule has 2 aromatic rings. The first kappa shape index (κ1) is 18.8. The van der Waals surface area contributed by atoms with E-state index in [1.54, 1.807) is 22.9 Å². The Morgan fingerprint density at radius 1 is 1.39 bits per heavy atom. The Kier molecular flexibility index (Phi) is 6.52. The highest BCUT2D eigenvalue weighted by molar-refractivity contribution is 14.1. The number of halogens is 2. The van der Waals surface area contributed by atoms with Crippen LogP contribution in [0.4, 0.5) is 0 Å². The van der Waals surface area contributed by atoms with Crippen LogP contribution in [0.3, 0.4) is 0 Å². The summed E-state index contributed by atoms with van der Waals surface area (Å²) in [5.74, 6) is 0.159. The maximum Gasteiger partial charge on any atom is 0.246 e. The molecular formula is C15H19BrIN3O2Si. The number of hydrogen-bond donors (Lipinski definition) is 0. The number of rotatable bonds is 7.